The smallest absolute Gasteiger partial charge is 0.275 e. The highest BCUT2D eigenvalue weighted by atomic mass is 79.9. The second kappa shape index (κ2) is 8.12. The Morgan fingerprint density at radius 3 is 2.85 bits per heavy atom. The average molecular weight is 428 g/mol. The van der Waals surface area contributed by atoms with Gasteiger partial charge in [0.2, 0.25) is 0 Å². The van der Waals surface area contributed by atoms with Gasteiger partial charge in [-0.25, -0.2) is 15.3 Å². The monoisotopic (exact) mass is 427 g/mol. The lowest BCUT2D eigenvalue weighted by Gasteiger charge is -2.22. The van der Waals surface area contributed by atoms with E-state index in [1.54, 1.807) is 24.5 Å². The fraction of sp³-hybridized carbons (Fsp3) is 0.250. The van der Waals surface area contributed by atoms with Crippen LogP contribution in [0.2, 0.25) is 0 Å². The summed E-state index contributed by atoms with van der Waals surface area (Å²) >= 11 is 3.43. The fourth-order valence-electron chi connectivity index (χ4n) is 3.00. The number of nitrogens with one attached hydrogen (secondary N) is 1. The Hall–Kier alpha value is -2.35. The quantitative estimate of drug-likeness (QED) is 0.630. The first kappa shape index (κ1) is 18.0. The summed E-state index contributed by atoms with van der Waals surface area (Å²) < 4.78 is 6.47. The minimum Gasteiger partial charge on any atom is -0.350 e. The van der Waals surface area contributed by atoms with Crippen LogP contribution in [0.25, 0.3) is 22.2 Å². The average Bonchev–Trinajstić information content (AvgIpc) is 2.72. The van der Waals surface area contributed by atoms with E-state index in [1.165, 1.54) is 0 Å². The molecule has 1 N–H and O–H groups in total. The number of carbonyl (C=O) groups excluding carboxylic acids is 1. The number of rotatable bonds is 4. The minimum absolute atomic E-state index is 0.345. The van der Waals surface area contributed by atoms with Crippen LogP contribution in [-0.4, -0.2) is 28.8 Å². The molecule has 0 aliphatic carbocycles. The predicted octanol–water partition coefficient (Wildman–Crippen LogP) is 4.25. The Balaban J connectivity index is 1.65. The number of amides is 1. The molecule has 1 unspecified atom stereocenters. The maximum atomic E-state index is 12.8. The molecule has 138 valence electrons. The lowest BCUT2D eigenvalue weighted by molar-refractivity contribution is -0.186. The van der Waals surface area contributed by atoms with Crippen LogP contribution in [0.5, 0.6) is 0 Å². The number of pyridine rings is 2. The molecule has 1 aliphatic rings. The van der Waals surface area contributed by atoms with Crippen molar-refractivity contribution in [2.75, 3.05) is 6.61 Å². The van der Waals surface area contributed by atoms with Crippen molar-refractivity contribution in [1.82, 2.24) is 15.4 Å². The third-order valence-corrected chi connectivity index (χ3v) is 4.94. The third kappa shape index (κ3) is 4.16. The molecule has 4 rings (SSSR count). The fourth-order valence-corrected chi connectivity index (χ4v) is 3.27. The van der Waals surface area contributed by atoms with Gasteiger partial charge in [-0.1, -0.05) is 28.1 Å². The van der Waals surface area contributed by atoms with Gasteiger partial charge >= 0.3 is 0 Å². The van der Waals surface area contributed by atoms with Gasteiger partial charge in [0.15, 0.2) is 6.29 Å². The molecule has 1 atom stereocenters. The van der Waals surface area contributed by atoms with Crippen LogP contribution >= 0.6 is 15.9 Å². The Labute approximate surface area is 165 Å². The first-order valence-electron chi connectivity index (χ1n) is 8.79. The number of benzene rings is 1. The summed E-state index contributed by atoms with van der Waals surface area (Å²) in [6.45, 7) is 0.649. The Bertz CT molecular complexity index is 956. The summed E-state index contributed by atoms with van der Waals surface area (Å²) in [4.78, 5) is 27.0. The zero-order valence-electron chi connectivity index (χ0n) is 14.5. The van der Waals surface area contributed by atoms with E-state index in [0.717, 1.165) is 29.3 Å². The third-order valence-electron chi connectivity index (χ3n) is 4.42. The molecule has 1 aromatic carbocycles. The number of ether oxygens (including phenoxy) is 1. The molecule has 0 radical (unpaired) electrons. The SMILES string of the molecule is O=C(NOC1CCCCO1)c1cc(-c2ccc(Br)cc2)nc2ccncc12. The molecule has 1 aliphatic heterocycles. The first-order valence-corrected chi connectivity index (χ1v) is 9.58. The van der Waals surface area contributed by atoms with Crippen molar-refractivity contribution in [2.24, 2.45) is 0 Å². The summed E-state index contributed by atoms with van der Waals surface area (Å²) in [5.41, 5.74) is 5.31. The van der Waals surface area contributed by atoms with Gasteiger partial charge in [0, 0.05) is 40.8 Å². The van der Waals surface area contributed by atoms with Crippen molar-refractivity contribution in [2.45, 2.75) is 25.6 Å². The van der Waals surface area contributed by atoms with Crippen LogP contribution in [0.4, 0.5) is 0 Å². The molecule has 3 aromatic rings. The van der Waals surface area contributed by atoms with Crippen LogP contribution in [0.15, 0.2) is 53.3 Å². The molecule has 2 aromatic heterocycles. The normalized spacial score (nSPS) is 17.0. The van der Waals surface area contributed by atoms with Crippen molar-refractivity contribution < 1.29 is 14.4 Å². The van der Waals surface area contributed by atoms with Gasteiger partial charge in [-0.15, -0.1) is 0 Å². The lowest BCUT2D eigenvalue weighted by Crippen LogP contribution is -2.33. The molecule has 1 amide bonds. The Morgan fingerprint density at radius 2 is 2.07 bits per heavy atom. The summed E-state index contributed by atoms with van der Waals surface area (Å²) in [6, 6.07) is 11.3. The second-order valence-electron chi connectivity index (χ2n) is 6.30. The number of hydrogen-bond acceptors (Lipinski definition) is 5. The largest absolute Gasteiger partial charge is 0.350 e. The van der Waals surface area contributed by atoms with Gasteiger partial charge in [0.25, 0.3) is 5.91 Å². The van der Waals surface area contributed by atoms with Gasteiger partial charge in [0.1, 0.15) is 0 Å². The number of halogens is 1. The highest BCUT2D eigenvalue weighted by Crippen LogP contribution is 2.25. The van der Waals surface area contributed by atoms with Gasteiger partial charge in [-0.2, -0.15) is 0 Å². The van der Waals surface area contributed by atoms with E-state index in [4.69, 9.17) is 9.57 Å². The number of hydrogen-bond donors (Lipinski definition) is 1. The molecular formula is C20H18BrN3O3. The van der Waals surface area contributed by atoms with E-state index in [9.17, 15) is 4.79 Å². The van der Waals surface area contributed by atoms with Crippen LogP contribution in [0.3, 0.4) is 0 Å². The zero-order valence-corrected chi connectivity index (χ0v) is 16.1. The van der Waals surface area contributed by atoms with E-state index in [1.807, 2.05) is 24.3 Å². The van der Waals surface area contributed by atoms with Crippen LogP contribution < -0.4 is 5.48 Å². The van der Waals surface area contributed by atoms with Gasteiger partial charge in [0.05, 0.1) is 16.8 Å². The molecule has 1 fully saturated rings. The highest BCUT2D eigenvalue weighted by Gasteiger charge is 2.18. The number of carbonyl (C=O) groups is 1. The molecule has 7 heteroatoms. The standard InChI is InChI=1S/C20H18BrN3O3/c21-14-6-4-13(5-7-14)18-11-15(16-12-22-9-8-17(16)23-18)20(25)24-27-19-3-1-2-10-26-19/h4-9,11-12,19H,1-3,10H2,(H,24,25). The van der Waals surface area contributed by atoms with Crippen molar-refractivity contribution in [3.63, 3.8) is 0 Å². The van der Waals surface area contributed by atoms with Crippen LogP contribution in [0.1, 0.15) is 29.6 Å². The van der Waals surface area contributed by atoms with Crippen molar-refractivity contribution in [3.05, 3.63) is 58.8 Å². The molecule has 6 nitrogen and oxygen atoms in total. The first-order chi connectivity index (χ1) is 13.2. The number of hydroxylamine groups is 1. The molecule has 0 saturated carbocycles. The molecule has 0 spiro atoms. The molecule has 0 bridgehead atoms. The predicted molar refractivity (Wildman–Crippen MR) is 105 cm³/mol. The maximum absolute atomic E-state index is 12.8. The maximum Gasteiger partial charge on any atom is 0.275 e. The molecular weight excluding hydrogens is 410 g/mol. The number of fused-ring (bicyclic) bond motifs is 1. The number of aromatic nitrogens is 2. The summed E-state index contributed by atoms with van der Waals surface area (Å²) in [6.07, 6.45) is 5.71. The van der Waals surface area contributed by atoms with E-state index >= 15 is 0 Å². The second-order valence-corrected chi connectivity index (χ2v) is 7.22. The Morgan fingerprint density at radius 1 is 1.22 bits per heavy atom. The van der Waals surface area contributed by atoms with Crippen molar-refractivity contribution >= 4 is 32.7 Å². The molecule has 1 saturated heterocycles. The van der Waals surface area contributed by atoms with Crippen molar-refractivity contribution in [1.29, 1.82) is 0 Å². The van der Waals surface area contributed by atoms with E-state index < -0.39 is 6.29 Å². The summed E-state index contributed by atoms with van der Waals surface area (Å²) in [5, 5.41) is 0.670. The Kier molecular flexibility index (Phi) is 5.42. The molecule has 27 heavy (non-hydrogen) atoms. The minimum atomic E-state index is -0.403. The van der Waals surface area contributed by atoms with Crippen LogP contribution in [0, 0.1) is 0 Å². The summed E-state index contributed by atoms with van der Waals surface area (Å²) in [5.74, 6) is -0.345. The summed E-state index contributed by atoms with van der Waals surface area (Å²) in [7, 11) is 0. The van der Waals surface area contributed by atoms with Gasteiger partial charge < -0.3 is 4.74 Å². The topological polar surface area (TPSA) is 73.3 Å². The van der Waals surface area contributed by atoms with Crippen LogP contribution in [-0.2, 0) is 9.57 Å². The van der Waals surface area contributed by atoms with E-state index in [0.29, 0.717) is 28.8 Å². The molecule has 3 heterocycles. The van der Waals surface area contributed by atoms with E-state index in [-0.39, 0.29) is 5.91 Å². The number of nitrogens with zero attached hydrogens (tertiary/aromatic N) is 2. The van der Waals surface area contributed by atoms with Gasteiger partial charge in [-0.05, 0) is 37.1 Å². The lowest BCUT2D eigenvalue weighted by atomic mass is 10.1. The van der Waals surface area contributed by atoms with Crippen molar-refractivity contribution in [3.8, 4) is 11.3 Å². The van der Waals surface area contributed by atoms with Gasteiger partial charge in [-0.3, -0.25) is 9.78 Å². The zero-order chi connectivity index (χ0) is 18.6. The highest BCUT2D eigenvalue weighted by molar-refractivity contribution is 9.10. The van der Waals surface area contributed by atoms with E-state index in [2.05, 4.69) is 31.4 Å².